The molecule has 2 heterocycles. The first kappa shape index (κ1) is 30.0. The van der Waals surface area contributed by atoms with Gasteiger partial charge in [0.2, 0.25) is 0 Å². The molecule has 220 valence electrons. The van der Waals surface area contributed by atoms with Crippen LogP contribution in [0.2, 0.25) is 15.1 Å². The predicted octanol–water partition coefficient (Wildman–Crippen LogP) is 9.38. The van der Waals surface area contributed by atoms with E-state index < -0.39 is 0 Å². The van der Waals surface area contributed by atoms with E-state index in [1.807, 2.05) is 59.2 Å². The molecule has 0 bridgehead atoms. The van der Waals surface area contributed by atoms with E-state index in [1.54, 1.807) is 12.1 Å². The van der Waals surface area contributed by atoms with Gasteiger partial charge in [0.05, 0.1) is 25.2 Å². The van der Waals surface area contributed by atoms with E-state index >= 15 is 0 Å². The summed E-state index contributed by atoms with van der Waals surface area (Å²) >= 11 is 27.3. The van der Waals surface area contributed by atoms with Crippen molar-refractivity contribution in [3.63, 3.8) is 0 Å². The van der Waals surface area contributed by atoms with Crippen molar-refractivity contribution in [3.05, 3.63) is 156 Å². The fourth-order valence-electron chi connectivity index (χ4n) is 5.71. The van der Waals surface area contributed by atoms with Crippen LogP contribution in [0.3, 0.4) is 0 Å². The van der Waals surface area contributed by atoms with Crippen LogP contribution in [-0.2, 0) is 13.0 Å². The summed E-state index contributed by atoms with van der Waals surface area (Å²) in [5.41, 5.74) is 7.11. The summed E-state index contributed by atoms with van der Waals surface area (Å²) in [6.07, 6.45) is 3.63. The molecule has 1 aliphatic heterocycles. The van der Waals surface area contributed by atoms with Crippen molar-refractivity contribution >= 4 is 89.8 Å². The number of nitrogens with zero attached hydrogens (tertiary/aromatic N) is 2. The SMILES string of the molecule is O=c1/c(=C\c2cc(Br)c(OCc3ccc(Cl)cc3Cl)c(Br)c2)sc2n1[C@H](c1ccc(Cl)cc1)C1=C(N=2)c2ccccc2CC1. The molecule has 0 saturated carbocycles. The number of allylic oxidation sites excluding steroid dienone is 1. The van der Waals surface area contributed by atoms with E-state index in [-0.39, 0.29) is 18.2 Å². The molecular formula is C34H21Br2Cl3N2O2S. The van der Waals surface area contributed by atoms with Crippen LogP contribution >= 0.6 is 78.0 Å². The molecule has 0 saturated heterocycles. The quantitative estimate of drug-likeness (QED) is 0.178. The van der Waals surface area contributed by atoms with Gasteiger partial charge < -0.3 is 4.74 Å². The van der Waals surface area contributed by atoms with Crippen molar-refractivity contribution in [1.82, 2.24) is 4.57 Å². The first-order valence-corrected chi connectivity index (χ1v) is 17.2. The molecule has 10 heteroatoms. The maximum Gasteiger partial charge on any atom is 0.271 e. The van der Waals surface area contributed by atoms with E-state index in [9.17, 15) is 4.79 Å². The van der Waals surface area contributed by atoms with Crippen molar-refractivity contribution in [3.8, 4) is 5.75 Å². The summed E-state index contributed by atoms with van der Waals surface area (Å²) in [4.78, 5) is 19.9. The molecular weight excluding hydrogens is 767 g/mol. The lowest BCUT2D eigenvalue weighted by molar-refractivity contribution is 0.302. The Bertz CT molecular complexity index is 2150. The zero-order valence-corrected chi connectivity index (χ0v) is 29.0. The lowest BCUT2D eigenvalue weighted by Gasteiger charge is -2.30. The molecule has 1 aromatic heterocycles. The smallest absolute Gasteiger partial charge is 0.271 e. The highest BCUT2D eigenvalue weighted by Gasteiger charge is 2.32. The summed E-state index contributed by atoms with van der Waals surface area (Å²) < 4.78 is 10.0. The molecule has 0 radical (unpaired) electrons. The molecule has 7 rings (SSSR count). The van der Waals surface area contributed by atoms with E-state index in [0.29, 0.717) is 30.2 Å². The molecule has 1 aliphatic carbocycles. The maximum absolute atomic E-state index is 14.1. The lowest BCUT2D eigenvalue weighted by atomic mass is 9.83. The number of hydrogen-bond donors (Lipinski definition) is 0. The standard InChI is InChI=1S/C34H21Br2Cl3N2O2S/c35-26-13-18(14-27(36)32(26)43-17-21-7-11-23(38)16-28(21)39)15-29-33(42)41-31(20-5-9-22(37)10-6-20)25-12-8-19-3-1-2-4-24(19)30(25)40-34(41)44-29/h1-7,9-11,13-16,31H,8,12,17H2/b29-15+/t31-/m1/s1. The summed E-state index contributed by atoms with van der Waals surface area (Å²) in [5.74, 6) is 0.628. The topological polar surface area (TPSA) is 43.6 Å². The molecule has 0 unspecified atom stereocenters. The molecule has 0 fully saturated rings. The monoisotopic (exact) mass is 784 g/mol. The van der Waals surface area contributed by atoms with Crippen LogP contribution in [0.15, 0.2) is 103 Å². The van der Waals surface area contributed by atoms with E-state index in [0.717, 1.165) is 55.3 Å². The number of aryl methyl sites for hydroxylation is 1. The van der Waals surface area contributed by atoms with E-state index in [2.05, 4.69) is 50.1 Å². The number of benzene rings is 4. The lowest BCUT2D eigenvalue weighted by Crippen LogP contribution is -2.38. The average Bonchev–Trinajstić information content (AvgIpc) is 3.31. The number of aromatic nitrogens is 1. The van der Waals surface area contributed by atoms with Crippen LogP contribution in [0.5, 0.6) is 5.75 Å². The molecule has 0 spiro atoms. The number of rotatable bonds is 5. The van der Waals surface area contributed by atoms with Gasteiger partial charge in [-0.1, -0.05) is 88.6 Å². The average molecular weight is 788 g/mol. The van der Waals surface area contributed by atoms with E-state index in [1.165, 1.54) is 16.9 Å². The Morgan fingerprint density at radius 3 is 2.41 bits per heavy atom. The minimum atomic E-state index is -0.261. The van der Waals surface area contributed by atoms with Crippen LogP contribution < -0.4 is 19.6 Å². The van der Waals surface area contributed by atoms with Crippen LogP contribution in [0.1, 0.15) is 40.3 Å². The third-order valence-electron chi connectivity index (χ3n) is 7.76. The van der Waals surface area contributed by atoms with E-state index in [4.69, 9.17) is 44.5 Å². The first-order valence-electron chi connectivity index (χ1n) is 13.7. The van der Waals surface area contributed by atoms with Crippen LogP contribution in [0.25, 0.3) is 11.8 Å². The van der Waals surface area contributed by atoms with Crippen molar-refractivity contribution in [2.45, 2.75) is 25.5 Å². The molecule has 44 heavy (non-hydrogen) atoms. The highest BCUT2D eigenvalue weighted by atomic mass is 79.9. The van der Waals surface area contributed by atoms with Crippen molar-refractivity contribution in [2.75, 3.05) is 0 Å². The molecule has 0 amide bonds. The molecule has 0 N–H and O–H groups in total. The second-order valence-electron chi connectivity index (χ2n) is 10.5. The van der Waals surface area contributed by atoms with Crippen LogP contribution in [0, 0.1) is 0 Å². The molecule has 1 atom stereocenters. The van der Waals surface area contributed by atoms with Gasteiger partial charge in [-0.05, 0) is 109 Å². The van der Waals surface area contributed by atoms with Gasteiger partial charge in [-0.2, -0.15) is 0 Å². The summed E-state index contributed by atoms with van der Waals surface area (Å²) in [6, 6.07) is 25.1. The summed E-state index contributed by atoms with van der Waals surface area (Å²) in [5, 5.41) is 1.77. The van der Waals surface area contributed by atoms with Crippen molar-refractivity contribution in [2.24, 2.45) is 4.99 Å². The van der Waals surface area contributed by atoms with Gasteiger partial charge in [-0.25, -0.2) is 4.99 Å². The predicted molar refractivity (Wildman–Crippen MR) is 187 cm³/mol. The highest BCUT2D eigenvalue weighted by Crippen LogP contribution is 2.41. The minimum Gasteiger partial charge on any atom is -0.486 e. The number of hydrogen-bond acceptors (Lipinski definition) is 4. The Balaban J connectivity index is 1.30. The third-order valence-corrected chi connectivity index (χ3v) is 10.8. The third kappa shape index (κ3) is 5.63. The number of fused-ring (bicyclic) bond motifs is 3. The second-order valence-corrected chi connectivity index (χ2v) is 14.5. The van der Waals surface area contributed by atoms with Gasteiger partial charge in [-0.3, -0.25) is 9.36 Å². The van der Waals surface area contributed by atoms with Crippen molar-refractivity contribution < 1.29 is 4.74 Å². The molecule has 2 aliphatic rings. The molecule has 5 aromatic rings. The Labute approximate surface area is 289 Å². The Morgan fingerprint density at radius 2 is 1.66 bits per heavy atom. The fourth-order valence-corrected chi connectivity index (χ4v) is 8.75. The molecule has 4 aromatic carbocycles. The summed E-state index contributed by atoms with van der Waals surface area (Å²) in [7, 11) is 0. The number of ether oxygens (including phenoxy) is 1. The van der Waals surface area contributed by atoms with Crippen LogP contribution in [-0.4, -0.2) is 4.57 Å². The van der Waals surface area contributed by atoms with Gasteiger partial charge in [-0.15, -0.1) is 0 Å². The van der Waals surface area contributed by atoms with Crippen molar-refractivity contribution in [1.29, 1.82) is 0 Å². The Kier molecular flexibility index (Phi) is 8.38. The Morgan fingerprint density at radius 1 is 0.932 bits per heavy atom. The normalized spacial score (nSPS) is 15.8. The van der Waals surface area contributed by atoms with Gasteiger partial charge in [0.15, 0.2) is 4.80 Å². The van der Waals surface area contributed by atoms with Crippen LogP contribution in [0.4, 0.5) is 0 Å². The zero-order valence-electron chi connectivity index (χ0n) is 22.8. The van der Waals surface area contributed by atoms with Gasteiger partial charge in [0.1, 0.15) is 12.4 Å². The largest absolute Gasteiger partial charge is 0.486 e. The first-order chi connectivity index (χ1) is 21.3. The zero-order chi connectivity index (χ0) is 30.5. The maximum atomic E-state index is 14.1. The second kappa shape index (κ2) is 12.3. The summed E-state index contributed by atoms with van der Waals surface area (Å²) in [6.45, 7) is 0.268. The highest BCUT2D eigenvalue weighted by molar-refractivity contribution is 9.11. The molecule has 4 nitrogen and oxygen atoms in total. The number of halogens is 5. The minimum absolute atomic E-state index is 0.0796. The Hall–Kier alpha value is -2.65. The number of thiazole rings is 1. The van der Waals surface area contributed by atoms with Gasteiger partial charge >= 0.3 is 0 Å². The fraction of sp³-hybridized carbons (Fsp3) is 0.118. The van der Waals surface area contributed by atoms with Gasteiger partial charge in [0, 0.05) is 26.2 Å². The van der Waals surface area contributed by atoms with Gasteiger partial charge in [0.25, 0.3) is 5.56 Å².